The van der Waals surface area contributed by atoms with Crippen molar-refractivity contribution in [3.05, 3.63) is 0 Å². The number of nitrogens with zero attached hydrogens (tertiary/aromatic N) is 1. The summed E-state index contributed by atoms with van der Waals surface area (Å²) < 4.78 is 0. The Balaban J connectivity index is 2.15. The molecule has 0 saturated heterocycles. The van der Waals surface area contributed by atoms with Crippen molar-refractivity contribution >= 4 is 5.91 Å². The largest absolute Gasteiger partial charge is 0.342 e. The molecule has 0 aliphatic heterocycles. The summed E-state index contributed by atoms with van der Waals surface area (Å²) in [4.78, 5) is 15.3. The molecule has 1 aliphatic carbocycles. The van der Waals surface area contributed by atoms with Gasteiger partial charge in [0.1, 0.15) is 0 Å². The average molecular weight is 422 g/mol. The SMILES string of the molecule is CCCCCCCCCCCN(CCCCCCCCCCC)C(=O)C1CCCC1. The number of unbranched alkanes of at least 4 members (excludes halogenated alkanes) is 16. The second kappa shape index (κ2) is 20.4. The Kier molecular flexibility index (Phi) is 18.7. The fourth-order valence-corrected chi connectivity index (χ4v) is 4.99. The Morgan fingerprint density at radius 3 is 1.27 bits per heavy atom. The van der Waals surface area contributed by atoms with Gasteiger partial charge in [-0.15, -0.1) is 0 Å². The number of rotatable bonds is 21. The van der Waals surface area contributed by atoms with E-state index in [2.05, 4.69) is 18.7 Å². The fourth-order valence-electron chi connectivity index (χ4n) is 4.99. The number of carbonyl (C=O) groups is 1. The van der Waals surface area contributed by atoms with Crippen molar-refractivity contribution in [2.24, 2.45) is 5.92 Å². The fraction of sp³-hybridized carbons (Fsp3) is 0.964. The highest BCUT2D eigenvalue weighted by molar-refractivity contribution is 5.79. The highest BCUT2D eigenvalue weighted by atomic mass is 16.2. The maximum atomic E-state index is 13.0. The first kappa shape index (κ1) is 27.5. The Morgan fingerprint density at radius 1 is 0.567 bits per heavy atom. The van der Waals surface area contributed by atoms with E-state index in [-0.39, 0.29) is 0 Å². The molecule has 0 unspecified atom stereocenters. The number of hydrogen-bond donors (Lipinski definition) is 0. The average Bonchev–Trinajstić information content (AvgIpc) is 3.30. The third-order valence-electron chi connectivity index (χ3n) is 7.08. The van der Waals surface area contributed by atoms with Gasteiger partial charge in [0.15, 0.2) is 0 Å². The maximum Gasteiger partial charge on any atom is 0.225 e. The van der Waals surface area contributed by atoms with E-state index in [0.717, 1.165) is 25.9 Å². The highest BCUT2D eigenvalue weighted by Gasteiger charge is 2.26. The molecule has 0 N–H and O–H groups in total. The Morgan fingerprint density at radius 2 is 0.900 bits per heavy atom. The predicted molar refractivity (Wildman–Crippen MR) is 133 cm³/mol. The van der Waals surface area contributed by atoms with Crippen LogP contribution in [0.2, 0.25) is 0 Å². The first-order chi connectivity index (χ1) is 14.8. The second-order valence-corrected chi connectivity index (χ2v) is 9.96. The molecule has 0 heterocycles. The molecule has 30 heavy (non-hydrogen) atoms. The zero-order valence-corrected chi connectivity index (χ0v) is 20.9. The molecule has 0 bridgehead atoms. The molecule has 0 aromatic carbocycles. The first-order valence-electron chi connectivity index (χ1n) is 14.1. The minimum absolute atomic E-state index is 0.349. The van der Waals surface area contributed by atoms with Gasteiger partial charge in [-0.2, -0.15) is 0 Å². The van der Waals surface area contributed by atoms with Crippen LogP contribution in [-0.2, 0) is 4.79 Å². The van der Waals surface area contributed by atoms with E-state index in [1.54, 1.807) is 0 Å². The van der Waals surface area contributed by atoms with Crippen LogP contribution in [-0.4, -0.2) is 23.9 Å². The van der Waals surface area contributed by atoms with Crippen molar-refractivity contribution in [3.8, 4) is 0 Å². The van der Waals surface area contributed by atoms with Crippen LogP contribution in [0, 0.1) is 5.92 Å². The normalized spacial score (nSPS) is 14.5. The smallest absolute Gasteiger partial charge is 0.225 e. The van der Waals surface area contributed by atoms with Gasteiger partial charge in [0.25, 0.3) is 0 Å². The summed E-state index contributed by atoms with van der Waals surface area (Å²) in [6.45, 7) is 6.60. The standard InChI is InChI=1S/C28H55NO/c1-3-5-7-9-11-13-15-17-21-25-29(28(30)27-23-19-20-24-27)26-22-18-16-14-12-10-8-6-4-2/h27H,3-26H2,1-2H3. The molecule has 0 aromatic heterocycles. The van der Waals surface area contributed by atoms with Gasteiger partial charge in [-0.25, -0.2) is 0 Å². The summed E-state index contributed by atoms with van der Waals surface area (Å²) >= 11 is 0. The zero-order chi connectivity index (χ0) is 21.7. The van der Waals surface area contributed by atoms with Crippen LogP contribution in [0.15, 0.2) is 0 Å². The van der Waals surface area contributed by atoms with Gasteiger partial charge in [-0.3, -0.25) is 4.79 Å². The first-order valence-corrected chi connectivity index (χ1v) is 14.1. The zero-order valence-electron chi connectivity index (χ0n) is 20.9. The van der Waals surface area contributed by atoms with Crippen LogP contribution in [0.5, 0.6) is 0 Å². The van der Waals surface area contributed by atoms with Crippen molar-refractivity contribution in [2.45, 2.75) is 155 Å². The summed E-state index contributed by atoms with van der Waals surface area (Å²) in [6.07, 6.45) is 29.3. The molecular formula is C28H55NO. The van der Waals surface area contributed by atoms with Crippen LogP contribution < -0.4 is 0 Å². The lowest BCUT2D eigenvalue weighted by Gasteiger charge is -2.26. The summed E-state index contributed by atoms with van der Waals surface area (Å²) in [7, 11) is 0. The molecule has 0 radical (unpaired) electrons. The lowest BCUT2D eigenvalue weighted by molar-refractivity contribution is -0.135. The van der Waals surface area contributed by atoms with Gasteiger partial charge in [0.2, 0.25) is 5.91 Å². The van der Waals surface area contributed by atoms with Crippen LogP contribution >= 0.6 is 0 Å². The minimum Gasteiger partial charge on any atom is -0.342 e. The monoisotopic (exact) mass is 421 g/mol. The number of hydrogen-bond acceptors (Lipinski definition) is 1. The quantitative estimate of drug-likeness (QED) is 0.169. The van der Waals surface area contributed by atoms with Gasteiger partial charge in [0.05, 0.1) is 0 Å². The van der Waals surface area contributed by atoms with E-state index in [1.165, 1.54) is 128 Å². The second-order valence-electron chi connectivity index (χ2n) is 9.96. The lowest BCUT2D eigenvalue weighted by Crippen LogP contribution is -2.36. The summed E-state index contributed by atoms with van der Waals surface area (Å²) in [6, 6.07) is 0. The van der Waals surface area contributed by atoms with Crippen LogP contribution in [0.1, 0.15) is 155 Å². The molecule has 1 saturated carbocycles. The Labute approximate surface area is 190 Å². The van der Waals surface area contributed by atoms with Gasteiger partial charge in [0, 0.05) is 19.0 Å². The molecule has 1 rings (SSSR count). The van der Waals surface area contributed by atoms with Gasteiger partial charge in [-0.05, 0) is 25.7 Å². The van der Waals surface area contributed by atoms with Crippen molar-refractivity contribution in [2.75, 3.05) is 13.1 Å². The molecule has 1 amide bonds. The van der Waals surface area contributed by atoms with Gasteiger partial charge in [-0.1, -0.05) is 129 Å². The van der Waals surface area contributed by atoms with Crippen molar-refractivity contribution < 1.29 is 4.79 Å². The summed E-state index contributed by atoms with van der Waals surface area (Å²) in [5, 5.41) is 0. The highest BCUT2D eigenvalue weighted by Crippen LogP contribution is 2.27. The van der Waals surface area contributed by atoms with E-state index in [1.807, 2.05) is 0 Å². The molecule has 0 atom stereocenters. The van der Waals surface area contributed by atoms with Gasteiger partial charge >= 0.3 is 0 Å². The van der Waals surface area contributed by atoms with Crippen molar-refractivity contribution in [3.63, 3.8) is 0 Å². The van der Waals surface area contributed by atoms with E-state index in [4.69, 9.17) is 0 Å². The van der Waals surface area contributed by atoms with Crippen LogP contribution in [0.25, 0.3) is 0 Å². The topological polar surface area (TPSA) is 20.3 Å². The van der Waals surface area contributed by atoms with E-state index in [0.29, 0.717) is 11.8 Å². The van der Waals surface area contributed by atoms with Crippen molar-refractivity contribution in [1.82, 2.24) is 4.90 Å². The van der Waals surface area contributed by atoms with E-state index in [9.17, 15) is 4.79 Å². The van der Waals surface area contributed by atoms with Crippen molar-refractivity contribution in [1.29, 1.82) is 0 Å². The summed E-state index contributed by atoms with van der Waals surface area (Å²) in [5.74, 6) is 0.841. The van der Waals surface area contributed by atoms with Crippen LogP contribution in [0.3, 0.4) is 0 Å². The Hall–Kier alpha value is -0.530. The molecule has 2 nitrogen and oxygen atoms in total. The predicted octanol–water partition coefficient (Wildman–Crippen LogP) is 9.07. The minimum atomic E-state index is 0.349. The number of carbonyl (C=O) groups excluding carboxylic acids is 1. The third-order valence-corrected chi connectivity index (χ3v) is 7.08. The number of amides is 1. The van der Waals surface area contributed by atoms with E-state index < -0.39 is 0 Å². The molecule has 1 aliphatic rings. The molecular weight excluding hydrogens is 366 g/mol. The molecule has 2 heteroatoms. The van der Waals surface area contributed by atoms with Crippen LogP contribution in [0.4, 0.5) is 0 Å². The Bertz CT molecular complexity index is 353. The summed E-state index contributed by atoms with van der Waals surface area (Å²) in [5.41, 5.74) is 0. The van der Waals surface area contributed by atoms with Gasteiger partial charge < -0.3 is 4.90 Å². The molecule has 1 fully saturated rings. The lowest BCUT2D eigenvalue weighted by atomic mass is 10.0. The molecule has 178 valence electrons. The maximum absolute atomic E-state index is 13.0. The molecule has 0 aromatic rings. The van der Waals surface area contributed by atoms with E-state index >= 15 is 0 Å². The third kappa shape index (κ3) is 14.5. The molecule has 0 spiro atoms.